The third kappa shape index (κ3) is 2.28. The van der Waals surface area contributed by atoms with Gasteiger partial charge in [0.15, 0.2) is 0 Å². The van der Waals surface area contributed by atoms with Crippen LogP contribution in [0, 0.1) is 0 Å². The summed E-state index contributed by atoms with van der Waals surface area (Å²) in [6.07, 6.45) is 1.66. The molecule has 1 aliphatic heterocycles. The number of anilines is 2. The second-order valence-electron chi connectivity index (χ2n) is 4.08. The van der Waals surface area contributed by atoms with Crippen LogP contribution < -0.4 is 16.4 Å². The molecule has 1 saturated heterocycles. The van der Waals surface area contributed by atoms with E-state index in [4.69, 9.17) is 34.7 Å². The van der Waals surface area contributed by atoms with E-state index in [2.05, 4.69) is 0 Å². The Labute approximate surface area is 109 Å². The molecule has 0 aliphatic carbocycles. The van der Waals surface area contributed by atoms with Crippen LogP contribution in [0.25, 0.3) is 0 Å². The van der Waals surface area contributed by atoms with Gasteiger partial charge in [-0.2, -0.15) is 0 Å². The first-order valence-electron chi connectivity index (χ1n) is 5.31. The summed E-state index contributed by atoms with van der Waals surface area (Å²) in [6.45, 7) is 0.746. The van der Waals surface area contributed by atoms with E-state index in [1.807, 2.05) is 4.90 Å². The number of rotatable bonds is 2. The molecule has 1 fully saturated rings. The van der Waals surface area contributed by atoms with Crippen LogP contribution in [-0.2, 0) is 4.79 Å². The molecule has 92 valence electrons. The predicted molar refractivity (Wildman–Crippen MR) is 70.4 cm³/mol. The number of primary amides is 1. The molecule has 0 spiro atoms. The highest BCUT2D eigenvalue weighted by Gasteiger charge is 2.30. The van der Waals surface area contributed by atoms with E-state index in [1.54, 1.807) is 12.1 Å². The quantitative estimate of drug-likeness (QED) is 0.810. The highest BCUT2D eigenvalue weighted by Crippen LogP contribution is 2.36. The van der Waals surface area contributed by atoms with Gasteiger partial charge in [-0.1, -0.05) is 23.2 Å². The zero-order valence-electron chi connectivity index (χ0n) is 9.12. The Hall–Kier alpha value is -1.13. The molecule has 2 rings (SSSR count). The van der Waals surface area contributed by atoms with Crippen molar-refractivity contribution >= 4 is 40.5 Å². The molecular weight excluding hydrogens is 261 g/mol. The maximum atomic E-state index is 11.3. The molecule has 4 nitrogen and oxygen atoms in total. The Balaban J connectivity index is 2.40. The lowest BCUT2D eigenvalue weighted by Crippen LogP contribution is -2.40. The Kier molecular flexibility index (Phi) is 3.35. The van der Waals surface area contributed by atoms with Gasteiger partial charge in [0.1, 0.15) is 6.04 Å². The molecule has 1 unspecified atom stereocenters. The monoisotopic (exact) mass is 273 g/mol. The summed E-state index contributed by atoms with van der Waals surface area (Å²) in [6, 6.07) is 2.96. The first kappa shape index (κ1) is 12.3. The molecule has 1 heterocycles. The van der Waals surface area contributed by atoms with Crippen LogP contribution in [0.3, 0.4) is 0 Å². The number of carbonyl (C=O) groups is 1. The topological polar surface area (TPSA) is 72.4 Å². The minimum atomic E-state index is -0.340. The Morgan fingerprint density at radius 3 is 2.65 bits per heavy atom. The molecule has 0 saturated carbocycles. The average molecular weight is 274 g/mol. The molecule has 0 bridgehead atoms. The van der Waals surface area contributed by atoms with Crippen molar-refractivity contribution in [3.8, 4) is 0 Å². The standard InChI is InChI=1S/C11H13Cl2N3O/c12-6-4-8(14)10(5-7(6)13)16-3-1-2-9(16)11(15)17/h4-5,9H,1-3,14H2,(H2,15,17). The maximum Gasteiger partial charge on any atom is 0.240 e. The molecule has 17 heavy (non-hydrogen) atoms. The van der Waals surface area contributed by atoms with Gasteiger partial charge >= 0.3 is 0 Å². The third-order valence-corrected chi connectivity index (χ3v) is 3.68. The van der Waals surface area contributed by atoms with E-state index >= 15 is 0 Å². The van der Waals surface area contributed by atoms with Crippen LogP contribution in [0.5, 0.6) is 0 Å². The minimum Gasteiger partial charge on any atom is -0.397 e. The summed E-state index contributed by atoms with van der Waals surface area (Å²) in [7, 11) is 0. The molecule has 4 N–H and O–H groups in total. The highest BCUT2D eigenvalue weighted by molar-refractivity contribution is 6.42. The first-order valence-corrected chi connectivity index (χ1v) is 6.07. The fourth-order valence-corrected chi connectivity index (χ4v) is 2.48. The molecule has 1 aromatic carbocycles. The smallest absolute Gasteiger partial charge is 0.240 e. The molecule has 0 aromatic heterocycles. The molecule has 1 aromatic rings. The van der Waals surface area contributed by atoms with Crippen LogP contribution in [-0.4, -0.2) is 18.5 Å². The number of nitrogens with zero attached hydrogens (tertiary/aromatic N) is 1. The van der Waals surface area contributed by atoms with Crippen molar-refractivity contribution in [1.29, 1.82) is 0 Å². The largest absolute Gasteiger partial charge is 0.397 e. The zero-order valence-corrected chi connectivity index (χ0v) is 10.6. The fourth-order valence-electron chi connectivity index (χ4n) is 2.15. The van der Waals surface area contributed by atoms with Gasteiger partial charge in [-0.05, 0) is 25.0 Å². The van der Waals surface area contributed by atoms with Crippen LogP contribution in [0.4, 0.5) is 11.4 Å². The Morgan fingerprint density at radius 1 is 1.35 bits per heavy atom. The summed E-state index contributed by atoms with van der Waals surface area (Å²) in [4.78, 5) is 13.2. The van der Waals surface area contributed by atoms with Crippen molar-refractivity contribution in [2.45, 2.75) is 18.9 Å². The van der Waals surface area contributed by atoms with Gasteiger partial charge in [0.2, 0.25) is 5.91 Å². The van der Waals surface area contributed by atoms with Crippen LogP contribution in [0.1, 0.15) is 12.8 Å². The molecule has 0 radical (unpaired) electrons. The molecule has 1 aliphatic rings. The van der Waals surface area contributed by atoms with Gasteiger partial charge < -0.3 is 16.4 Å². The number of nitrogen functional groups attached to an aromatic ring is 1. The van der Waals surface area contributed by atoms with Crippen LogP contribution in [0.15, 0.2) is 12.1 Å². The SMILES string of the molecule is NC(=O)C1CCCN1c1cc(Cl)c(Cl)cc1N. The first-order chi connectivity index (χ1) is 8.00. The van der Waals surface area contributed by atoms with Crippen molar-refractivity contribution < 1.29 is 4.79 Å². The lowest BCUT2D eigenvalue weighted by Gasteiger charge is -2.26. The van der Waals surface area contributed by atoms with Crippen molar-refractivity contribution in [1.82, 2.24) is 0 Å². The summed E-state index contributed by atoms with van der Waals surface area (Å²) < 4.78 is 0. The van der Waals surface area contributed by atoms with E-state index in [1.165, 1.54) is 0 Å². The number of nitrogens with two attached hydrogens (primary N) is 2. The van der Waals surface area contributed by atoms with Gasteiger partial charge in [-0.25, -0.2) is 0 Å². The van der Waals surface area contributed by atoms with Gasteiger partial charge in [-0.15, -0.1) is 0 Å². The Bertz CT molecular complexity index is 464. The van der Waals surface area contributed by atoms with E-state index in [9.17, 15) is 4.79 Å². The van der Waals surface area contributed by atoms with Gasteiger partial charge in [0, 0.05) is 6.54 Å². The fraction of sp³-hybridized carbons (Fsp3) is 0.364. The second-order valence-corrected chi connectivity index (χ2v) is 4.89. The van der Waals surface area contributed by atoms with Gasteiger partial charge in [0.25, 0.3) is 0 Å². The van der Waals surface area contributed by atoms with Crippen molar-refractivity contribution in [2.75, 3.05) is 17.2 Å². The Morgan fingerprint density at radius 2 is 2.00 bits per heavy atom. The van der Waals surface area contributed by atoms with Gasteiger partial charge in [-0.3, -0.25) is 4.79 Å². The summed E-state index contributed by atoms with van der Waals surface area (Å²) in [5.74, 6) is -0.340. The highest BCUT2D eigenvalue weighted by atomic mass is 35.5. The number of hydrogen-bond donors (Lipinski definition) is 2. The number of hydrogen-bond acceptors (Lipinski definition) is 3. The summed E-state index contributed by atoms with van der Waals surface area (Å²) >= 11 is 11.8. The maximum absolute atomic E-state index is 11.3. The number of carbonyl (C=O) groups excluding carboxylic acids is 1. The lowest BCUT2D eigenvalue weighted by atomic mass is 10.2. The zero-order chi connectivity index (χ0) is 12.6. The molecule has 1 atom stereocenters. The van der Waals surface area contributed by atoms with E-state index in [0.717, 1.165) is 25.1 Å². The average Bonchev–Trinajstić information content (AvgIpc) is 2.72. The van der Waals surface area contributed by atoms with E-state index in [0.29, 0.717) is 15.7 Å². The van der Waals surface area contributed by atoms with E-state index < -0.39 is 0 Å². The van der Waals surface area contributed by atoms with Crippen molar-refractivity contribution in [3.63, 3.8) is 0 Å². The lowest BCUT2D eigenvalue weighted by molar-refractivity contribution is -0.119. The number of amides is 1. The second kappa shape index (κ2) is 4.63. The number of halogens is 2. The van der Waals surface area contributed by atoms with Crippen LogP contribution in [0.2, 0.25) is 10.0 Å². The van der Waals surface area contributed by atoms with Gasteiger partial charge in [0.05, 0.1) is 21.4 Å². The third-order valence-electron chi connectivity index (χ3n) is 2.96. The van der Waals surface area contributed by atoms with E-state index in [-0.39, 0.29) is 11.9 Å². The van der Waals surface area contributed by atoms with Crippen molar-refractivity contribution in [3.05, 3.63) is 22.2 Å². The molecule has 1 amide bonds. The van der Waals surface area contributed by atoms with Crippen LogP contribution >= 0.6 is 23.2 Å². The van der Waals surface area contributed by atoms with Crippen molar-refractivity contribution in [2.24, 2.45) is 5.73 Å². The minimum absolute atomic E-state index is 0.311. The summed E-state index contributed by atoms with van der Waals surface area (Å²) in [5.41, 5.74) is 12.5. The molecule has 6 heteroatoms. The number of benzene rings is 1. The molecular formula is C11H13Cl2N3O. The summed E-state index contributed by atoms with van der Waals surface area (Å²) in [5, 5.41) is 0.828. The predicted octanol–water partition coefficient (Wildman–Crippen LogP) is 2.03. The normalized spacial score (nSPS) is 19.6.